The summed E-state index contributed by atoms with van der Waals surface area (Å²) in [4.78, 5) is 15.4. The van der Waals surface area contributed by atoms with E-state index in [1.165, 1.54) is 18.0 Å². The monoisotopic (exact) mass is 279 g/mol. The van der Waals surface area contributed by atoms with E-state index in [4.69, 9.17) is 11.6 Å². The van der Waals surface area contributed by atoms with Gasteiger partial charge in [-0.15, -0.1) is 16.9 Å². The summed E-state index contributed by atoms with van der Waals surface area (Å²) in [6.07, 6.45) is 3.22. The largest absolute Gasteiger partial charge is 0.397 e. The number of nitrogen functional groups attached to an aromatic ring is 2. The van der Waals surface area contributed by atoms with Crippen molar-refractivity contribution in [3.8, 4) is 0 Å². The molecule has 0 saturated heterocycles. The molecule has 0 saturated carbocycles. The zero-order valence-corrected chi connectivity index (χ0v) is 10.8. The number of hydrazine groups is 1. The lowest BCUT2D eigenvalue weighted by Gasteiger charge is -2.03. The molecule has 19 heavy (non-hydrogen) atoms. The SMILES string of the molecule is NNC(=O)c1cn(CCSc2ncccc2N)nn1. The van der Waals surface area contributed by atoms with E-state index in [0.717, 1.165) is 5.03 Å². The van der Waals surface area contributed by atoms with Gasteiger partial charge in [-0.05, 0) is 12.1 Å². The van der Waals surface area contributed by atoms with Gasteiger partial charge in [-0.3, -0.25) is 14.9 Å². The first-order chi connectivity index (χ1) is 9.20. The third-order valence-electron chi connectivity index (χ3n) is 2.26. The van der Waals surface area contributed by atoms with Crippen molar-refractivity contribution in [2.75, 3.05) is 11.5 Å². The molecular formula is C10H13N7OS. The molecule has 1 amide bonds. The van der Waals surface area contributed by atoms with Crippen molar-refractivity contribution in [2.24, 2.45) is 5.84 Å². The van der Waals surface area contributed by atoms with Crippen LogP contribution in [0, 0.1) is 0 Å². The van der Waals surface area contributed by atoms with Gasteiger partial charge in [-0.2, -0.15) is 0 Å². The Labute approximate surface area is 113 Å². The topological polar surface area (TPSA) is 125 Å². The minimum absolute atomic E-state index is 0.185. The highest BCUT2D eigenvalue weighted by Crippen LogP contribution is 2.21. The van der Waals surface area contributed by atoms with Crippen LogP contribution in [0.4, 0.5) is 5.69 Å². The molecule has 0 aliphatic heterocycles. The van der Waals surface area contributed by atoms with Crippen molar-refractivity contribution in [1.29, 1.82) is 0 Å². The number of nitrogens with two attached hydrogens (primary N) is 2. The molecule has 0 spiro atoms. The fraction of sp³-hybridized carbons (Fsp3) is 0.200. The van der Waals surface area contributed by atoms with Gasteiger partial charge >= 0.3 is 0 Å². The molecule has 100 valence electrons. The van der Waals surface area contributed by atoms with Crippen LogP contribution in [0.3, 0.4) is 0 Å². The standard InChI is InChI=1S/C10H13N7OS/c11-7-2-1-3-13-10(7)19-5-4-17-6-8(15-16-17)9(18)14-12/h1-3,6H,4-5,11-12H2,(H,14,18). The number of aryl methyl sites for hydroxylation is 1. The molecule has 0 aliphatic rings. The Balaban J connectivity index is 1.88. The molecule has 0 atom stereocenters. The summed E-state index contributed by atoms with van der Waals surface area (Å²) < 4.78 is 1.57. The predicted octanol–water partition coefficient (Wildman–Crippen LogP) is -0.349. The summed E-state index contributed by atoms with van der Waals surface area (Å²) in [5.74, 6) is 5.25. The fourth-order valence-electron chi connectivity index (χ4n) is 1.35. The number of anilines is 1. The lowest BCUT2D eigenvalue weighted by atomic mass is 10.4. The van der Waals surface area contributed by atoms with Crippen molar-refractivity contribution < 1.29 is 4.79 Å². The highest BCUT2D eigenvalue weighted by Gasteiger charge is 2.08. The Morgan fingerprint density at radius 3 is 3.11 bits per heavy atom. The van der Waals surface area contributed by atoms with Crippen molar-refractivity contribution in [3.05, 3.63) is 30.2 Å². The zero-order valence-electron chi connectivity index (χ0n) is 9.98. The molecule has 0 aliphatic carbocycles. The highest BCUT2D eigenvalue weighted by molar-refractivity contribution is 7.99. The van der Waals surface area contributed by atoms with E-state index in [0.29, 0.717) is 18.0 Å². The van der Waals surface area contributed by atoms with E-state index >= 15 is 0 Å². The molecule has 0 radical (unpaired) electrons. The van der Waals surface area contributed by atoms with Crippen LogP contribution in [0.15, 0.2) is 29.6 Å². The van der Waals surface area contributed by atoms with Crippen LogP contribution in [0.25, 0.3) is 0 Å². The van der Waals surface area contributed by atoms with Crippen molar-refractivity contribution >= 4 is 23.4 Å². The van der Waals surface area contributed by atoms with E-state index in [1.54, 1.807) is 23.0 Å². The second kappa shape index (κ2) is 6.16. The summed E-state index contributed by atoms with van der Waals surface area (Å²) in [5.41, 5.74) is 8.61. The van der Waals surface area contributed by atoms with Crippen LogP contribution in [-0.2, 0) is 6.54 Å². The number of rotatable bonds is 5. The summed E-state index contributed by atoms with van der Waals surface area (Å²) in [7, 11) is 0. The molecule has 5 N–H and O–H groups in total. The van der Waals surface area contributed by atoms with Crippen LogP contribution in [0.5, 0.6) is 0 Å². The predicted molar refractivity (Wildman–Crippen MR) is 71.0 cm³/mol. The fourth-order valence-corrected chi connectivity index (χ4v) is 2.19. The van der Waals surface area contributed by atoms with Gasteiger partial charge in [0.25, 0.3) is 5.91 Å². The third-order valence-corrected chi connectivity index (χ3v) is 3.26. The summed E-state index contributed by atoms with van der Waals surface area (Å²) in [6, 6.07) is 3.59. The Hall–Kier alpha value is -2.13. The number of thioether (sulfide) groups is 1. The maximum absolute atomic E-state index is 11.2. The Kier molecular flexibility index (Phi) is 4.31. The number of nitrogens with one attached hydrogen (secondary N) is 1. The van der Waals surface area contributed by atoms with E-state index in [-0.39, 0.29) is 5.69 Å². The zero-order chi connectivity index (χ0) is 13.7. The summed E-state index contributed by atoms with van der Waals surface area (Å²) >= 11 is 1.52. The van der Waals surface area contributed by atoms with E-state index in [2.05, 4.69) is 15.3 Å². The number of hydrogen-bond donors (Lipinski definition) is 3. The number of carbonyl (C=O) groups is 1. The molecule has 0 aromatic carbocycles. The quantitative estimate of drug-likeness (QED) is 0.296. The van der Waals surface area contributed by atoms with Gasteiger partial charge in [0, 0.05) is 11.9 Å². The highest BCUT2D eigenvalue weighted by atomic mass is 32.2. The maximum atomic E-state index is 11.2. The second-order valence-corrected chi connectivity index (χ2v) is 4.67. The first-order valence-electron chi connectivity index (χ1n) is 5.45. The van der Waals surface area contributed by atoms with E-state index in [9.17, 15) is 4.79 Å². The minimum atomic E-state index is -0.465. The maximum Gasteiger partial charge on any atom is 0.287 e. The average molecular weight is 279 g/mol. The summed E-state index contributed by atoms with van der Waals surface area (Å²) in [5, 5.41) is 8.31. The van der Waals surface area contributed by atoms with Crippen LogP contribution in [-0.4, -0.2) is 31.6 Å². The van der Waals surface area contributed by atoms with Crippen molar-refractivity contribution in [1.82, 2.24) is 25.4 Å². The van der Waals surface area contributed by atoms with Gasteiger partial charge in [0.15, 0.2) is 5.69 Å². The number of carbonyl (C=O) groups excluding carboxylic acids is 1. The Morgan fingerprint density at radius 2 is 2.37 bits per heavy atom. The molecule has 8 nitrogen and oxygen atoms in total. The van der Waals surface area contributed by atoms with Gasteiger partial charge in [-0.1, -0.05) is 5.21 Å². The van der Waals surface area contributed by atoms with Crippen LogP contribution in [0.1, 0.15) is 10.5 Å². The number of nitrogens with zero attached hydrogens (tertiary/aromatic N) is 4. The van der Waals surface area contributed by atoms with Crippen LogP contribution < -0.4 is 17.0 Å². The van der Waals surface area contributed by atoms with Gasteiger partial charge in [-0.25, -0.2) is 10.8 Å². The molecule has 2 heterocycles. The van der Waals surface area contributed by atoms with Crippen molar-refractivity contribution in [3.63, 3.8) is 0 Å². The molecule has 2 aromatic heterocycles. The van der Waals surface area contributed by atoms with Crippen LogP contribution in [0.2, 0.25) is 0 Å². The van der Waals surface area contributed by atoms with E-state index in [1.807, 2.05) is 5.43 Å². The lowest BCUT2D eigenvalue weighted by molar-refractivity contribution is 0.0948. The second-order valence-electron chi connectivity index (χ2n) is 3.59. The Bertz CT molecular complexity index is 571. The number of hydrogen-bond acceptors (Lipinski definition) is 7. The van der Waals surface area contributed by atoms with Gasteiger partial charge in [0.1, 0.15) is 5.03 Å². The average Bonchev–Trinajstić information content (AvgIpc) is 2.89. The minimum Gasteiger partial charge on any atom is -0.397 e. The third kappa shape index (κ3) is 3.42. The van der Waals surface area contributed by atoms with E-state index < -0.39 is 5.91 Å². The normalized spacial score (nSPS) is 10.4. The summed E-state index contributed by atoms with van der Waals surface area (Å²) in [6.45, 7) is 0.589. The molecular weight excluding hydrogens is 266 g/mol. The van der Waals surface area contributed by atoms with Crippen molar-refractivity contribution in [2.45, 2.75) is 11.6 Å². The first-order valence-corrected chi connectivity index (χ1v) is 6.43. The van der Waals surface area contributed by atoms with Gasteiger partial charge < -0.3 is 5.73 Å². The van der Waals surface area contributed by atoms with Gasteiger partial charge in [0.05, 0.1) is 18.4 Å². The smallest absolute Gasteiger partial charge is 0.287 e. The number of pyridine rings is 1. The molecule has 2 rings (SSSR count). The number of amides is 1. The lowest BCUT2D eigenvalue weighted by Crippen LogP contribution is -2.30. The number of aromatic nitrogens is 4. The Morgan fingerprint density at radius 1 is 1.53 bits per heavy atom. The molecule has 0 unspecified atom stereocenters. The molecule has 2 aromatic rings. The molecule has 0 bridgehead atoms. The molecule has 0 fully saturated rings. The first kappa shape index (κ1) is 13.3. The van der Waals surface area contributed by atoms with Gasteiger partial charge in [0.2, 0.25) is 0 Å². The van der Waals surface area contributed by atoms with Crippen LogP contribution >= 0.6 is 11.8 Å². The molecule has 9 heteroatoms.